The molecule has 1 N–H and O–H groups in total. The molecule has 1 unspecified atom stereocenters. The van der Waals surface area contributed by atoms with Crippen LogP contribution in [0.25, 0.3) is 0 Å². The van der Waals surface area contributed by atoms with Crippen LogP contribution < -0.4 is 4.74 Å². The number of H-pyrrole nitrogens is 1. The van der Waals surface area contributed by atoms with Gasteiger partial charge in [0.2, 0.25) is 10.0 Å². The van der Waals surface area contributed by atoms with E-state index in [-0.39, 0.29) is 10.9 Å². The van der Waals surface area contributed by atoms with Crippen molar-refractivity contribution in [3.8, 4) is 11.5 Å². The Morgan fingerprint density at radius 1 is 1.15 bits per heavy atom. The zero-order chi connectivity index (χ0) is 18.9. The lowest BCUT2D eigenvalue weighted by atomic mass is 10.2. The minimum absolute atomic E-state index is 0.229. The zero-order valence-corrected chi connectivity index (χ0v) is 15.9. The van der Waals surface area contributed by atoms with Gasteiger partial charge in [0.1, 0.15) is 17.3 Å². The number of aromatic amines is 1. The Morgan fingerprint density at radius 2 is 1.93 bits per heavy atom. The number of hydrogen-bond acceptors (Lipinski definition) is 4. The molecule has 1 aromatic heterocycles. The third-order valence-electron chi connectivity index (χ3n) is 4.53. The molecule has 0 spiro atoms. The van der Waals surface area contributed by atoms with Gasteiger partial charge in [0.25, 0.3) is 0 Å². The highest BCUT2D eigenvalue weighted by molar-refractivity contribution is 7.89. The zero-order valence-electron chi connectivity index (χ0n) is 14.4. The number of ether oxygens (including phenoxy) is 1. The Morgan fingerprint density at radius 3 is 2.63 bits per heavy atom. The van der Waals surface area contributed by atoms with E-state index >= 15 is 0 Å². The number of benzene rings is 2. The fourth-order valence-corrected chi connectivity index (χ4v) is 5.07. The summed E-state index contributed by atoms with van der Waals surface area (Å²) >= 11 is 6.09. The average Bonchev–Trinajstić information content (AvgIpc) is 3.35. The van der Waals surface area contributed by atoms with E-state index in [4.69, 9.17) is 16.3 Å². The second-order valence-electron chi connectivity index (χ2n) is 6.25. The van der Waals surface area contributed by atoms with E-state index in [2.05, 4.69) is 9.97 Å². The molecule has 0 aliphatic carbocycles. The van der Waals surface area contributed by atoms with Crippen LogP contribution in [0.1, 0.15) is 24.7 Å². The average molecular weight is 404 g/mol. The fraction of sp³-hybridized carbons (Fsp3) is 0.211. The number of sulfonamides is 1. The molecule has 0 saturated carbocycles. The molecule has 3 aromatic rings. The van der Waals surface area contributed by atoms with E-state index < -0.39 is 10.0 Å². The van der Waals surface area contributed by atoms with E-state index in [1.165, 1.54) is 4.31 Å². The largest absolute Gasteiger partial charge is 0.456 e. The van der Waals surface area contributed by atoms with Crippen LogP contribution in [0.2, 0.25) is 5.02 Å². The summed E-state index contributed by atoms with van der Waals surface area (Å²) in [4.78, 5) is 7.48. The van der Waals surface area contributed by atoms with Gasteiger partial charge in [-0.15, -0.1) is 0 Å². The quantitative estimate of drug-likeness (QED) is 0.685. The Bertz CT molecular complexity index is 1020. The molecule has 2 aromatic carbocycles. The van der Waals surface area contributed by atoms with Gasteiger partial charge in [-0.25, -0.2) is 13.4 Å². The number of nitrogens with zero attached hydrogens (tertiary/aromatic N) is 2. The molecule has 6 nitrogen and oxygen atoms in total. The van der Waals surface area contributed by atoms with Crippen LogP contribution in [-0.2, 0) is 10.0 Å². The predicted octanol–water partition coefficient (Wildman–Crippen LogP) is 4.38. The van der Waals surface area contributed by atoms with Crippen molar-refractivity contribution in [1.29, 1.82) is 0 Å². The van der Waals surface area contributed by atoms with Gasteiger partial charge in [0, 0.05) is 18.9 Å². The van der Waals surface area contributed by atoms with E-state index in [1.54, 1.807) is 48.8 Å². The van der Waals surface area contributed by atoms with Gasteiger partial charge < -0.3 is 9.72 Å². The molecule has 1 atom stereocenters. The van der Waals surface area contributed by atoms with Gasteiger partial charge in [-0.2, -0.15) is 4.31 Å². The number of para-hydroxylation sites is 1. The van der Waals surface area contributed by atoms with Crippen molar-refractivity contribution in [2.75, 3.05) is 6.54 Å². The third-order valence-corrected chi connectivity index (χ3v) is 6.77. The Kier molecular flexibility index (Phi) is 4.90. The first kappa shape index (κ1) is 18.0. The molecule has 140 valence electrons. The Balaban J connectivity index is 1.56. The predicted molar refractivity (Wildman–Crippen MR) is 102 cm³/mol. The first-order valence-electron chi connectivity index (χ1n) is 8.59. The molecule has 1 fully saturated rings. The highest BCUT2D eigenvalue weighted by Crippen LogP contribution is 2.36. The van der Waals surface area contributed by atoms with Crippen molar-refractivity contribution in [2.24, 2.45) is 0 Å². The number of rotatable bonds is 5. The van der Waals surface area contributed by atoms with Crippen LogP contribution in [0.15, 0.2) is 65.8 Å². The highest BCUT2D eigenvalue weighted by Gasteiger charge is 2.37. The summed E-state index contributed by atoms with van der Waals surface area (Å²) in [7, 11) is -3.62. The molecular formula is C19H18ClN3O3S. The van der Waals surface area contributed by atoms with Crippen molar-refractivity contribution in [2.45, 2.75) is 23.8 Å². The second-order valence-corrected chi connectivity index (χ2v) is 8.55. The lowest BCUT2D eigenvalue weighted by Gasteiger charge is -2.22. The summed E-state index contributed by atoms with van der Waals surface area (Å²) in [5.74, 6) is 1.72. The Hall–Kier alpha value is -2.35. The minimum Gasteiger partial charge on any atom is -0.456 e. The van der Waals surface area contributed by atoms with Gasteiger partial charge >= 0.3 is 0 Å². The maximum absolute atomic E-state index is 13.1. The standard InChI is InChI=1S/C19H18ClN3O3S/c20-16-4-1-2-6-18(16)26-14-7-9-15(10-8-14)27(24,25)23-13-3-5-17(23)19-21-11-12-22-19/h1-2,4,6-12,17H,3,5,13H2,(H,21,22). The first-order valence-corrected chi connectivity index (χ1v) is 10.4. The van der Waals surface area contributed by atoms with Crippen molar-refractivity contribution in [1.82, 2.24) is 14.3 Å². The van der Waals surface area contributed by atoms with Crippen molar-refractivity contribution < 1.29 is 13.2 Å². The van der Waals surface area contributed by atoms with Crippen LogP contribution in [0.4, 0.5) is 0 Å². The van der Waals surface area contributed by atoms with E-state index in [1.807, 2.05) is 12.1 Å². The topological polar surface area (TPSA) is 75.3 Å². The molecule has 0 amide bonds. The number of aromatic nitrogens is 2. The molecule has 0 radical (unpaired) electrons. The summed E-state index contributed by atoms with van der Waals surface area (Å²) in [6, 6.07) is 13.2. The number of hydrogen-bond donors (Lipinski definition) is 1. The molecule has 1 aliphatic heterocycles. The smallest absolute Gasteiger partial charge is 0.243 e. The van der Waals surface area contributed by atoms with Crippen LogP contribution in [0.5, 0.6) is 11.5 Å². The normalized spacial score (nSPS) is 17.9. The lowest BCUT2D eigenvalue weighted by molar-refractivity contribution is 0.385. The molecule has 0 bridgehead atoms. The van der Waals surface area contributed by atoms with Crippen molar-refractivity contribution in [3.05, 3.63) is 71.8 Å². The van der Waals surface area contributed by atoms with Crippen LogP contribution in [-0.4, -0.2) is 29.2 Å². The minimum atomic E-state index is -3.62. The summed E-state index contributed by atoms with van der Waals surface area (Å²) < 4.78 is 33.4. The molecule has 27 heavy (non-hydrogen) atoms. The lowest BCUT2D eigenvalue weighted by Crippen LogP contribution is -2.31. The maximum Gasteiger partial charge on any atom is 0.243 e. The number of imidazole rings is 1. The van der Waals surface area contributed by atoms with Gasteiger partial charge in [0.15, 0.2) is 0 Å². The molecule has 2 heterocycles. The fourth-order valence-electron chi connectivity index (χ4n) is 3.23. The van der Waals surface area contributed by atoms with E-state index in [0.717, 1.165) is 12.8 Å². The van der Waals surface area contributed by atoms with Crippen molar-refractivity contribution in [3.63, 3.8) is 0 Å². The van der Waals surface area contributed by atoms with E-state index in [9.17, 15) is 8.42 Å². The third kappa shape index (κ3) is 3.58. The van der Waals surface area contributed by atoms with Crippen molar-refractivity contribution >= 4 is 21.6 Å². The maximum atomic E-state index is 13.1. The molecule has 8 heteroatoms. The molecule has 1 saturated heterocycles. The van der Waals surface area contributed by atoms with Gasteiger partial charge in [0.05, 0.1) is 16.0 Å². The van der Waals surface area contributed by atoms with Gasteiger partial charge in [-0.1, -0.05) is 23.7 Å². The SMILES string of the molecule is O=S(=O)(c1ccc(Oc2ccccc2Cl)cc1)N1CCCC1c1ncc[nH]1. The Labute approximate surface area is 162 Å². The molecule has 4 rings (SSSR count). The second kappa shape index (κ2) is 7.34. The summed E-state index contributed by atoms with van der Waals surface area (Å²) in [6.45, 7) is 0.478. The molecule has 1 aliphatic rings. The highest BCUT2D eigenvalue weighted by atomic mass is 35.5. The van der Waals surface area contributed by atoms with Crippen LogP contribution >= 0.6 is 11.6 Å². The number of halogens is 1. The molecular weight excluding hydrogens is 386 g/mol. The summed E-state index contributed by atoms with van der Waals surface area (Å²) in [5.41, 5.74) is 0. The number of nitrogens with one attached hydrogen (secondary N) is 1. The van der Waals surface area contributed by atoms with Crippen LogP contribution in [0, 0.1) is 0 Å². The monoisotopic (exact) mass is 403 g/mol. The van der Waals surface area contributed by atoms with Crippen LogP contribution in [0.3, 0.4) is 0 Å². The first-order chi connectivity index (χ1) is 13.1. The van der Waals surface area contributed by atoms with Gasteiger partial charge in [-0.3, -0.25) is 0 Å². The summed E-state index contributed by atoms with van der Waals surface area (Å²) in [6.07, 6.45) is 4.90. The summed E-state index contributed by atoms with van der Waals surface area (Å²) in [5, 5.41) is 0.493. The van der Waals surface area contributed by atoms with E-state index in [0.29, 0.717) is 28.9 Å². The van der Waals surface area contributed by atoms with Gasteiger partial charge in [-0.05, 0) is 49.2 Å².